The van der Waals surface area contributed by atoms with Crippen LogP contribution in [0.5, 0.6) is 0 Å². The van der Waals surface area contributed by atoms with Gasteiger partial charge in [0, 0.05) is 24.4 Å². The summed E-state index contributed by atoms with van der Waals surface area (Å²) < 4.78 is 5.18. The predicted octanol–water partition coefficient (Wildman–Crippen LogP) is 0.387. The molecule has 2 atom stereocenters. The van der Waals surface area contributed by atoms with Crippen LogP contribution in [0, 0.1) is 0 Å². The second kappa shape index (κ2) is 6.07. The summed E-state index contributed by atoms with van der Waals surface area (Å²) in [5.74, 6) is -1.30. The van der Waals surface area contributed by atoms with Crippen molar-refractivity contribution >= 4 is 11.9 Å². The molecular formula is C9H14N4O4. The number of hydrogen-bond acceptors (Lipinski definition) is 4. The van der Waals surface area contributed by atoms with E-state index in [0.717, 1.165) is 0 Å². The van der Waals surface area contributed by atoms with Crippen molar-refractivity contribution in [1.82, 2.24) is 4.90 Å². The summed E-state index contributed by atoms with van der Waals surface area (Å²) in [5, 5.41) is 12.1. The van der Waals surface area contributed by atoms with Crippen LogP contribution < -0.4 is 0 Å². The molecule has 1 aliphatic rings. The topological polar surface area (TPSA) is 116 Å². The van der Waals surface area contributed by atoms with E-state index < -0.39 is 12.1 Å². The molecule has 1 heterocycles. The Morgan fingerprint density at radius 2 is 2.29 bits per heavy atom. The Kier molecular flexibility index (Phi) is 4.74. The standard InChI is InChI=1S/C9H14N4O4/c1-6-4-13(5-7(17-6)9(15)16)8(14)2-3-11-12-10/h6-7H,2-5H2,1H3,(H,15,16)/t6-,7+/m1/s1. The Bertz CT molecular complexity index is 353. The van der Waals surface area contributed by atoms with Crippen LogP contribution in [0.15, 0.2) is 5.11 Å². The molecule has 0 unspecified atom stereocenters. The summed E-state index contributed by atoms with van der Waals surface area (Å²) in [7, 11) is 0. The highest BCUT2D eigenvalue weighted by molar-refractivity contribution is 5.78. The van der Waals surface area contributed by atoms with E-state index in [4.69, 9.17) is 15.4 Å². The zero-order valence-electron chi connectivity index (χ0n) is 9.44. The van der Waals surface area contributed by atoms with Gasteiger partial charge in [-0.1, -0.05) is 5.11 Å². The molecule has 1 amide bonds. The Labute approximate surface area is 97.8 Å². The van der Waals surface area contributed by atoms with Crippen molar-refractivity contribution < 1.29 is 19.4 Å². The third-order valence-corrected chi connectivity index (χ3v) is 2.38. The smallest absolute Gasteiger partial charge is 0.334 e. The molecule has 94 valence electrons. The largest absolute Gasteiger partial charge is 0.479 e. The van der Waals surface area contributed by atoms with Crippen LogP contribution in [0.1, 0.15) is 13.3 Å². The summed E-state index contributed by atoms with van der Waals surface area (Å²) in [6, 6.07) is 0. The van der Waals surface area contributed by atoms with Crippen LogP contribution in [-0.4, -0.2) is 53.7 Å². The number of morpholine rings is 1. The lowest BCUT2D eigenvalue weighted by molar-refractivity contribution is -0.166. The second-order valence-corrected chi connectivity index (χ2v) is 3.78. The molecule has 0 radical (unpaired) electrons. The molecule has 1 N–H and O–H groups in total. The first-order chi connectivity index (χ1) is 8.04. The number of ether oxygens (including phenoxy) is 1. The van der Waals surface area contributed by atoms with Crippen molar-refractivity contribution in [2.24, 2.45) is 5.11 Å². The van der Waals surface area contributed by atoms with Gasteiger partial charge in [-0.15, -0.1) is 0 Å². The van der Waals surface area contributed by atoms with Gasteiger partial charge in [0.25, 0.3) is 0 Å². The number of azide groups is 1. The molecule has 0 aromatic heterocycles. The number of nitrogens with zero attached hydrogens (tertiary/aromatic N) is 4. The fraction of sp³-hybridized carbons (Fsp3) is 0.778. The zero-order valence-corrected chi connectivity index (χ0v) is 9.44. The average Bonchev–Trinajstić information content (AvgIpc) is 2.28. The average molecular weight is 242 g/mol. The maximum Gasteiger partial charge on any atom is 0.334 e. The Hall–Kier alpha value is -1.79. The van der Waals surface area contributed by atoms with Crippen LogP contribution >= 0.6 is 0 Å². The van der Waals surface area contributed by atoms with E-state index in [0.29, 0.717) is 6.54 Å². The van der Waals surface area contributed by atoms with Gasteiger partial charge in [0.1, 0.15) is 0 Å². The molecule has 0 saturated carbocycles. The van der Waals surface area contributed by atoms with Crippen molar-refractivity contribution in [3.63, 3.8) is 0 Å². The lowest BCUT2D eigenvalue weighted by atomic mass is 10.2. The van der Waals surface area contributed by atoms with E-state index in [1.54, 1.807) is 6.92 Å². The SMILES string of the molecule is C[C@@H]1CN(C(=O)CCN=[N+]=[N-])C[C@@H](C(=O)O)O1. The number of carboxylic acids is 1. The second-order valence-electron chi connectivity index (χ2n) is 3.78. The Morgan fingerprint density at radius 1 is 1.59 bits per heavy atom. The number of aliphatic carboxylic acids is 1. The van der Waals surface area contributed by atoms with Gasteiger partial charge >= 0.3 is 5.97 Å². The molecule has 0 aromatic carbocycles. The van der Waals surface area contributed by atoms with Crippen LogP contribution in [0.25, 0.3) is 10.4 Å². The fourth-order valence-corrected chi connectivity index (χ4v) is 1.64. The van der Waals surface area contributed by atoms with Crippen molar-refractivity contribution in [2.75, 3.05) is 19.6 Å². The lowest BCUT2D eigenvalue weighted by Gasteiger charge is -2.34. The minimum absolute atomic E-state index is 0.0365. The van der Waals surface area contributed by atoms with Gasteiger partial charge in [0.15, 0.2) is 6.10 Å². The van der Waals surface area contributed by atoms with Gasteiger partial charge in [-0.25, -0.2) is 4.79 Å². The van der Waals surface area contributed by atoms with Crippen molar-refractivity contribution in [1.29, 1.82) is 0 Å². The van der Waals surface area contributed by atoms with Crippen molar-refractivity contribution in [3.8, 4) is 0 Å². The molecule has 0 aromatic rings. The minimum atomic E-state index is -1.08. The molecule has 1 saturated heterocycles. The molecule has 1 aliphatic heterocycles. The Balaban J connectivity index is 2.54. The normalized spacial score (nSPS) is 23.9. The molecule has 1 rings (SSSR count). The highest BCUT2D eigenvalue weighted by Gasteiger charge is 2.32. The summed E-state index contributed by atoms with van der Waals surface area (Å²) in [5.41, 5.74) is 8.08. The molecule has 0 bridgehead atoms. The fourth-order valence-electron chi connectivity index (χ4n) is 1.64. The van der Waals surface area contributed by atoms with Gasteiger partial charge in [-0.05, 0) is 12.5 Å². The van der Waals surface area contributed by atoms with E-state index in [1.165, 1.54) is 4.90 Å². The first-order valence-electron chi connectivity index (χ1n) is 5.21. The Morgan fingerprint density at radius 3 is 2.88 bits per heavy atom. The van der Waals surface area contributed by atoms with Gasteiger partial charge in [-0.3, -0.25) is 4.79 Å². The van der Waals surface area contributed by atoms with Crippen LogP contribution in [0.4, 0.5) is 0 Å². The van der Waals surface area contributed by atoms with Crippen LogP contribution in [0.2, 0.25) is 0 Å². The maximum atomic E-state index is 11.7. The summed E-state index contributed by atoms with van der Waals surface area (Å²) in [6.45, 7) is 2.19. The molecule has 0 spiro atoms. The van der Waals surface area contributed by atoms with Crippen LogP contribution in [-0.2, 0) is 14.3 Å². The number of rotatable bonds is 4. The molecule has 1 fully saturated rings. The quantitative estimate of drug-likeness (QED) is 0.436. The van der Waals surface area contributed by atoms with Gasteiger partial charge in [0.2, 0.25) is 5.91 Å². The number of amides is 1. The zero-order chi connectivity index (χ0) is 12.8. The van der Waals surface area contributed by atoms with Crippen molar-refractivity contribution in [3.05, 3.63) is 10.4 Å². The summed E-state index contributed by atoms with van der Waals surface area (Å²) >= 11 is 0. The number of carbonyl (C=O) groups excluding carboxylic acids is 1. The minimum Gasteiger partial charge on any atom is -0.479 e. The van der Waals surface area contributed by atoms with Crippen LogP contribution in [0.3, 0.4) is 0 Å². The summed E-state index contributed by atoms with van der Waals surface area (Å²) in [4.78, 5) is 26.5. The van der Waals surface area contributed by atoms with Gasteiger partial charge in [0.05, 0.1) is 12.6 Å². The van der Waals surface area contributed by atoms with E-state index in [2.05, 4.69) is 10.0 Å². The van der Waals surface area contributed by atoms with Gasteiger partial charge < -0.3 is 14.7 Å². The monoisotopic (exact) mass is 242 g/mol. The third-order valence-electron chi connectivity index (χ3n) is 2.38. The highest BCUT2D eigenvalue weighted by atomic mass is 16.5. The molecular weight excluding hydrogens is 228 g/mol. The number of hydrogen-bond donors (Lipinski definition) is 1. The molecule has 17 heavy (non-hydrogen) atoms. The van der Waals surface area contributed by atoms with Gasteiger partial charge in [-0.2, -0.15) is 0 Å². The predicted molar refractivity (Wildman–Crippen MR) is 57.2 cm³/mol. The summed E-state index contributed by atoms with van der Waals surface area (Å²) in [6.07, 6.45) is -1.21. The van der Waals surface area contributed by atoms with E-state index in [1.807, 2.05) is 0 Å². The number of carbonyl (C=O) groups is 2. The maximum absolute atomic E-state index is 11.7. The molecule has 8 heteroatoms. The number of carboxylic acid groups (broad SMARTS) is 1. The van der Waals surface area contributed by atoms with E-state index in [-0.39, 0.29) is 31.5 Å². The lowest BCUT2D eigenvalue weighted by Crippen LogP contribution is -2.51. The molecule has 0 aliphatic carbocycles. The molecule has 8 nitrogen and oxygen atoms in total. The highest BCUT2D eigenvalue weighted by Crippen LogP contribution is 2.12. The first kappa shape index (κ1) is 13.3. The first-order valence-corrected chi connectivity index (χ1v) is 5.21. The van der Waals surface area contributed by atoms with E-state index >= 15 is 0 Å². The third kappa shape index (κ3) is 3.93. The van der Waals surface area contributed by atoms with E-state index in [9.17, 15) is 9.59 Å². The van der Waals surface area contributed by atoms with Crippen molar-refractivity contribution in [2.45, 2.75) is 25.6 Å².